The van der Waals surface area contributed by atoms with Crippen LogP contribution in [-0.2, 0) is 4.79 Å². The molecule has 5 heteroatoms. The molecular formula is C19H16N2O3. The molecule has 0 aliphatic carbocycles. The Hall–Kier alpha value is -3.34. The molecule has 0 saturated carbocycles. The molecule has 24 heavy (non-hydrogen) atoms. The van der Waals surface area contributed by atoms with Crippen molar-refractivity contribution in [1.82, 2.24) is 5.43 Å². The zero-order chi connectivity index (χ0) is 16.8. The molecule has 0 radical (unpaired) electrons. The maximum Gasteiger partial charge on any atom is 0.277 e. The Bertz CT molecular complexity index is 873. The summed E-state index contributed by atoms with van der Waals surface area (Å²) in [5, 5.41) is 15.2. The molecule has 0 heterocycles. The number of rotatable bonds is 5. The van der Waals surface area contributed by atoms with Crippen LogP contribution < -0.4 is 10.2 Å². The second-order valence-electron chi connectivity index (χ2n) is 5.18. The first kappa shape index (κ1) is 15.6. The van der Waals surface area contributed by atoms with E-state index in [9.17, 15) is 9.90 Å². The number of benzene rings is 3. The van der Waals surface area contributed by atoms with Gasteiger partial charge in [-0.15, -0.1) is 0 Å². The van der Waals surface area contributed by atoms with Crippen molar-refractivity contribution < 1.29 is 14.6 Å². The van der Waals surface area contributed by atoms with Crippen LogP contribution in [0.4, 0.5) is 0 Å². The van der Waals surface area contributed by atoms with E-state index in [1.165, 1.54) is 6.21 Å². The number of amides is 1. The van der Waals surface area contributed by atoms with Gasteiger partial charge in [0.05, 0.1) is 6.21 Å². The van der Waals surface area contributed by atoms with Crippen LogP contribution in [0.5, 0.6) is 11.5 Å². The minimum atomic E-state index is -0.349. The SMILES string of the molecule is O=C(COc1ccc2ccccc2c1)N/N=C\c1ccc(O)cc1. The second kappa shape index (κ2) is 7.28. The molecule has 0 atom stereocenters. The molecule has 0 fully saturated rings. The summed E-state index contributed by atoms with van der Waals surface area (Å²) in [4.78, 5) is 11.7. The summed E-state index contributed by atoms with van der Waals surface area (Å²) in [6.07, 6.45) is 1.49. The second-order valence-corrected chi connectivity index (χ2v) is 5.18. The maximum atomic E-state index is 11.7. The van der Waals surface area contributed by atoms with Gasteiger partial charge in [-0.25, -0.2) is 5.43 Å². The monoisotopic (exact) mass is 320 g/mol. The number of ether oxygens (including phenoxy) is 1. The van der Waals surface area contributed by atoms with E-state index in [1.54, 1.807) is 24.3 Å². The highest BCUT2D eigenvalue weighted by atomic mass is 16.5. The normalized spacial score (nSPS) is 10.8. The number of nitrogens with one attached hydrogen (secondary N) is 1. The number of phenolic OH excluding ortho intramolecular Hbond substituents is 1. The van der Waals surface area contributed by atoms with Crippen molar-refractivity contribution >= 4 is 22.9 Å². The molecule has 0 bridgehead atoms. The minimum Gasteiger partial charge on any atom is -0.508 e. The fourth-order valence-corrected chi connectivity index (χ4v) is 2.18. The quantitative estimate of drug-likeness (QED) is 0.560. The highest BCUT2D eigenvalue weighted by Crippen LogP contribution is 2.20. The van der Waals surface area contributed by atoms with E-state index >= 15 is 0 Å². The summed E-state index contributed by atoms with van der Waals surface area (Å²) in [7, 11) is 0. The molecule has 120 valence electrons. The van der Waals surface area contributed by atoms with Crippen LogP contribution in [0.3, 0.4) is 0 Å². The van der Waals surface area contributed by atoms with Crippen molar-refractivity contribution in [3.63, 3.8) is 0 Å². The Balaban J connectivity index is 1.52. The van der Waals surface area contributed by atoms with Gasteiger partial charge in [0.15, 0.2) is 6.61 Å². The Morgan fingerprint density at radius 2 is 1.79 bits per heavy atom. The van der Waals surface area contributed by atoms with Crippen molar-refractivity contribution in [3.8, 4) is 11.5 Å². The zero-order valence-electron chi connectivity index (χ0n) is 12.8. The van der Waals surface area contributed by atoms with Gasteiger partial charge in [-0.2, -0.15) is 5.10 Å². The maximum absolute atomic E-state index is 11.7. The van der Waals surface area contributed by atoms with Gasteiger partial charge in [-0.05, 0) is 52.7 Å². The van der Waals surface area contributed by atoms with Crippen molar-refractivity contribution in [3.05, 3.63) is 72.3 Å². The summed E-state index contributed by atoms with van der Waals surface area (Å²) in [6, 6.07) is 20.1. The van der Waals surface area contributed by atoms with Crippen LogP contribution in [0.1, 0.15) is 5.56 Å². The first-order chi connectivity index (χ1) is 11.7. The third kappa shape index (κ3) is 4.10. The molecule has 0 aromatic heterocycles. The van der Waals surface area contributed by atoms with Gasteiger partial charge in [-0.1, -0.05) is 30.3 Å². The standard InChI is InChI=1S/C19H16N2O3/c22-17-8-5-14(6-9-17)12-20-21-19(23)13-24-18-10-7-15-3-1-2-4-16(15)11-18/h1-12,22H,13H2,(H,21,23)/b20-12-. The molecular weight excluding hydrogens is 304 g/mol. The zero-order valence-corrected chi connectivity index (χ0v) is 12.8. The number of fused-ring (bicyclic) bond motifs is 1. The molecule has 0 aliphatic heterocycles. The van der Waals surface area contributed by atoms with Crippen LogP contribution in [0.15, 0.2) is 71.8 Å². The highest BCUT2D eigenvalue weighted by molar-refractivity contribution is 5.84. The first-order valence-electron chi connectivity index (χ1n) is 7.43. The number of phenols is 1. The lowest BCUT2D eigenvalue weighted by molar-refractivity contribution is -0.123. The van der Waals surface area contributed by atoms with Crippen LogP contribution in [0.2, 0.25) is 0 Å². The van der Waals surface area contributed by atoms with E-state index in [-0.39, 0.29) is 18.3 Å². The molecule has 0 unspecified atom stereocenters. The topological polar surface area (TPSA) is 70.9 Å². The predicted octanol–water partition coefficient (Wildman–Crippen LogP) is 3.07. The lowest BCUT2D eigenvalue weighted by atomic mass is 10.1. The van der Waals surface area contributed by atoms with Crippen molar-refractivity contribution in [2.45, 2.75) is 0 Å². The lowest BCUT2D eigenvalue weighted by Crippen LogP contribution is -2.24. The van der Waals surface area contributed by atoms with Crippen LogP contribution in [-0.4, -0.2) is 23.8 Å². The third-order valence-electron chi connectivity index (χ3n) is 3.39. The van der Waals surface area contributed by atoms with Crippen molar-refractivity contribution in [2.24, 2.45) is 5.10 Å². The smallest absolute Gasteiger partial charge is 0.277 e. The van der Waals surface area contributed by atoms with E-state index in [0.29, 0.717) is 5.75 Å². The number of hydrogen-bond acceptors (Lipinski definition) is 4. The van der Waals surface area contributed by atoms with Crippen molar-refractivity contribution in [1.29, 1.82) is 0 Å². The predicted molar refractivity (Wildman–Crippen MR) is 93.3 cm³/mol. The van der Waals surface area contributed by atoms with Gasteiger partial charge < -0.3 is 9.84 Å². The summed E-state index contributed by atoms with van der Waals surface area (Å²) < 4.78 is 5.48. The fourth-order valence-electron chi connectivity index (χ4n) is 2.18. The fraction of sp³-hybridized carbons (Fsp3) is 0.0526. The first-order valence-corrected chi connectivity index (χ1v) is 7.43. The Kier molecular flexibility index (Phi) is 4.72. The summed E-state index contributed by atoms with van der Waals surface area (Å²) >= 11 is 0. The molecule has 2 N–H and O–H groups in total. The van der Waals surface area contributed by atoms with E-state index in [2.05, 4.69) is 10.5 Å². The number of hydrazone groups is 1. The average molecular weight is 320 g/mol. The Morgan fingerprint density at radius 3 is 2.58 bits per heavy atom. The van der Waals surface area contributed by atoms with Crippen LogP contribution in [0.25, 0.3) is 10.8 Å². The lowest BCUT2D eigenvalue weighted by Gasteiger charge is -2.06. The van der Waals surface area contributed by atoms with E-state index < -0.39 is 0 Å². The third-order valence-corrected chi connectivity index (χ3v) is 3.39. The molecule has 3 aromatic rings. The molecule has 0 spiro atoms. The summed E-state index contributed by atoms with van der Waals surface area (Å²) in [6.45, 7) is -0.120. The number of aromatic hydroxyl groups is 1. The molecule has 5 nitrogen and oxygen atoms in total. The molecule has 0 saturated heterocycles. The Labute approximate surface area is 139 Å². The van der Waals surface area contributed by atoms with Gasteiger partial charge in [-0.3, -0.25) is 4.79 Å². The van der Waals surface area contributed by atoms with E-state index in [1.807, 2.05) is 42.5 Å². The number of carbonyl (C=O) groups excluding carboxylic acids is 1. The van der Waals surface area contributed by atoms with Gasteiger partial charge in [0.2, 0.25) is 0 Å². The molecule has 3 rings (SSSR count). The van der Waals surface area contributed by atoms with E-state index in [0.717, 1.165) is 16.3 Å². The van der Waals surface area contributed by atoms with Gasteiger partial charge in [0.25, 0.3) is 5.91 Å². The summed E-state index contributed by atoms with van der Waals surface area (Å²) in [5.74, 6) is 0.463. The Morgan fingerprint density at radius 1 is 1.04 bits per heavy atom. The number of carbonyl (C=O) groups is 1. The molecule has 3 aromatic carbocycles. The summed E-state index contributed by atoms with van der Waals surface area (Å²) in [5.41, 5.74) is 3.16. The van der Waals surface area contributed by atoms with Gasteiger partial charge in [0, 0.05) is 0 Å². The van der Waals surface area contributed by atoms with Gasteiger partial charge in [0.1, 0.15) is 11.5 Å². The number of nitrogens with zero attached hydrogens (tertiary/aromatic N) is 1. The van der Waals surface area contributed by atoms with Crippen LogP contribution >= 0.6 is 0 Å². The van der Waals surface area contributed by atoms with Crippen molar-refractivity contribution in [2.75, 3.05) is 6.61 Å². The average Bonchev–Trinajstić information content (AvgIpc) is 2.61. The molecule has 1 amide bonds. The largest absolute Gasteiger partial charge is 0.508 e. The minimum absolute atomic E-state index is 0.120. The molecule has 0 aliphatic rings. The highest BCUT2D eigenvalue weighted by Gasteiger charge is 2.02. The van der Waals surface area contributed by atoms with E-state index in [4.69, 9.17) is 4.74 Å². The number of hydrogen-bond donors (Lipinski definition) is 2. The van der Waals surface area contributed by atoms with Gasteiger partial charge >= 0.3 is 0 Å². The van der Waals surface area contributed by atoms with Crippen LogP contribution in [0, 0.1) is 0 Å².